The lowest BCUT2D eigenvalue weighted by atomic mass is 9.64. The predicted octanol–water partition coefficient (Wildman–Crippen LogP) is 1.26. The number of rotatable bonds is 4. The summed E-state index contributed by atoms with van der Waals surface area (Å²) >= 11 is 0. The second kappa shape index (κ2) is 3.69. The van der Waals surface area contributed by atoms with Crippen molar-refractivity contribution in [3.63, 3.8) is 0 Å². The van der Waals surface area contributed by atoms with Gasteiger partial charge in [-0.3, -0.25) is 0 Å². The van der Waals surface area contributed by atoms with Crippen molar-refractivity contribution in [1.82, 2.24) is 0 Å². The van der Waals surface area contributed by atoms with Gasteiger partial charge < -0.3 is 14.4 Å². The normalized spacial score (nSPS) is 34.4. The van der Waals surface area contributed by atoms with Gasteiger partial charge in [-0.1, -0.05) is 26.7 Å². The summed E-state index contributed by atoms with van der Waals surface area (Å²) < 4.78 is 0. The van der Waals surface area contributed by atoms with Gasteiger partial charge in [0.1, 0.15) is 0 Å². The van der Waals surface area contributed by atoms with Gasteiger partial charge in [0, 0.05) is 5.54 Å². The Balaban J connectivity index is 2.68. The Kier molecular flexibility index (Phi) is 3.17. The van der Waals surface area contributed by atoms with Crippen molar-refractivity contribution in [1.29, 1.82) is 0 Å². The van der Waals surface area contributed by atoms with Crippen LogP contribution in [0, 0.1) is 5.41 Å². The Bertz CT molecular complexity index is 174. The molecule has 1 saturated carbocycles. The Labute approximate surface area is 80.8 Å². The van der Waals surface area contributed by atoms with Gasteiger partial charge in [0.05, 0.1) is 0 Å². The zero-order chi connectivity index (χ0) is 10.1. The van der Waals surface area contributed by atoms with Crippen molar-refractivity contribution in [3.8, 4) is 0 Å². The zero-order valence-electron chi connectivity index (χ0n) is 8.45. The summed E-state index contributed by atoms with van der Waals surface area (Å²) in [5.41, 5.74) is -0.191. The molecule has 2 atom stereocenters. The van der Waals surface area contributed by atoms with E-state index in [0.29, 0.717) is 0 Å². The maximum atomic E-state index is 9.28. The summed E-state index contributed by atoms with van der Waals surface area (Å²) in [6, 6.07) is 0. The first kappa shape index (κ1) is 11.2. The molecule has 0 radical (unpaired) electrons. The Hall–Kier alpha value is 0.0969. The minimum Gasteiger partial charge on any atom is -0.390 e. The van der Waals surface area contributed by atoms with E-state index < -0.39 is 8.80 Å². The molecule has 0 spiro atoms. The van der Waals surface area contributed by atoms with E-state index in [1.54, 1.807) is 0 Å². The second-order valence-electron chi connectivity index (χ2n) is 4.24. The maximum Gasteiger partial charge on any atom is 0.496 e. The van der Waals surface area contributed by atoms with Crippen molar-refractivity contribution in [3.05, 3.63) is 0 Å². The van der Waals surface area contributed by atoms with Gasteiger partial charge in [0.25, 0.3) is 0 Å². The maximum absolute atomic E-state index is 9.28. The standard InChI is InChI=1S/C9H20O3Si/c1-3-6-9(4-2)7-5-8(9)13(10,11)12/h8,10-12H,3-7H2,1-2H3/t8?,9-/m0/s1. The van der Waals surface area contributed by atoms with Crippen molar-refractivity contribution in [2.75, 3.05) is 0 Å². The molecule has 1 unspecified atom stereocenters. The van der Waals surface area contributed by atoms with Gasteiger partial charge >= 0.3 is 8.80 Å². The third kappa shape index (κ3) is 1.96. The summed E-state index contributed by atoms with van der Waals surface area (Å²) in [4.78, 5) is 27.8. The molecule has 1 fully saturated rings. The van der Waals surface area contributed by atoms with Crippen LogP contribution in [0.3, 0.4) is 0 Å². The molecule has 1 aliphatic rings. The van der Waals surface area contributed by atoms with E-state index in [-0.39, 0.29) is 11.0 Å². The van der Waals surface area contributed by atoms with Crippen LogP contribution in [0.15, 0.2) is 0 Å². The highest BCUT2D eigenvalue weighted by atomic mass is 28.4. The van der Waals surface area contributed by atoms with Crippen LogP contribution in [0.4, 0.5) is 0 Å². The second-order valence-corrected chi connectivity index (χ2v) is 6.32. The van der Waals surface area contributed by atoms with Crippen LogP contribution in [-0.2, 0) is 0 Å². The van der Waals surface area contributed by atoms with E-state index in [4.69, 9.17) is 0 Å². The molecule has 13 heavy (non-hydrogen) atoms. The summed E-state index contributed by atoms with van der Waals surface area (Å²) in [7, 11) is -3.87. The minimum absolute atomic E-state index is 0.0270. The summed E-state index contributed by atoms with van der Waals surface area (Å²) in [6.07, 6.45) is 4.82. The van der Waals surface area contributed by atoms with Crippen molar-refractivity contribution < 1.29 is 14.4 Å². The Morgan fingerprint density at radius 3 is 2.15 bits per heavy atom. The molecule has 0 aliphatic heterocycles. The number of hydrogen-bond acceptors (Lipinski definition) is 3. The summed E-state index contributed by atoms with van der Waals surface area (Å²) in [5, 5.41) is 0. The third-order valence-electron chi connectivity index (χ3n) is 3.59. The SMILES string of the molecule is CCC[C@@]1(CC)CCC1[Si](O)(O)O. The lowest BCUT2D eigenvalue weighted by molar-refractivity contribution is 0.0521. The van der Waals surface area contributed by atoms with E-state index in [9.17, 15) is 14.4 Å². The molecule has 3 nitrogen and oxygen atoms in total. The number of hydrogen-bond donors (Lipinski definition) is 3. The van der Waals surface area contributed by atoms with Crippen LogP contribution in [0.5, 0.6) is 0 Å². The van der Waals surface area contributed by atoms with Crippen LogP contribution in [0.1, 0.15) is 46.0 Å². The third-order valence-corrected chi connectivity index (χ3v) is 5.43. The highest BCUT2D eigenvalue weighted by Crippen LogP contribution is 2.58. The van der Waals surface area contributed by atoms with E-state index in [1.165, 1.54) is 0 Å². The zero-order valence-corrected chi connectivity index (χ0v) is 9.45. The Morgan fingerprint density at radius 2 is 1.92 bits per heavy atom. The van der Waals surface area contributed by atoms with Gasteiger partial charge in [-0.25, -0.2) is 0 Å². The van der Waals surface area contributed by atoms with E-state index in [1.807, 2.05) is 0 Å². The highest BCUT2D eigenvalue weighted by molar-refractivity contribution is 6.58. The van der Waals surface area contributed by atoms with Crippen LogP contribution in [0.25, 0.3) is 0 Å². The molecule has 0 aromatic carbocycles. The average molecular weight is 204 g/mol. The molecule has 4 heteroatoms. The quantitative estimate of drug-likeness (QED) is 0.604. The fourth-order valence-electron chi connectivity index (χ4n) is 2.70. The molecular formula is C9H20O3Si. The molecule has 0 bridgehead atoms. The molecule has 0 heterocycles. The van der Waals surface area contributed by atoms with Gasteiger partial charge in [-0.05, 0) is 24.7 Å². The molecule has 78 valence electrons. The molecular weight excluding hydrogens is 184 g/mol. The molecule has 3 N–H and O–H groups in total. The monoisotopic (exact) mass is 204 g/mol. The minimum atomic E-state index is -3.87. The first-order valence-corrected chi connectivity index (χ1v) is 7.05. The fraction of sp³-hybridized carbons (Fsp3) is 1.00. The Morgan fingerprint density at radius 1 is 1.31 bits per heavy atom. The molecule has 1 rings (SSSR count). The molecule has 0 saturated heterocycles. The topological polar surface area (TPSA) is 60.7 Å². The highest BCUT2D eigenvalue weighted by Gasteiger charge is 2.57. The average Bonchev–Trinajstić information content (AvgIpc) is 1.94. The molecule has 0 amide bonds. The molecule has 0 aromatic heterocycles. The largest absolute Gasteiger partial charge is 0.496 e. The van der Waals surface area contributed by atoms with Crippen molar-refractivity contribution in [2.45, 2.75) is 51.5 Å². The fourth-order valence-corrected chi connectivity index (χ4v) is 4.54. The van der Waals surface area contributed by atoms with Crippen molar-refractivity contribution in [2.24, 2.45) is 5.41 Å². The van der Waals surface area contributed by atoms with Crippen LogP contribution in [0.2, 0.25) is 5.54 Å². The van der Waals surface area contributed by atoms with E-state index in [0.717, 1.165) is 32.1 Å². The van der Waals surface area contributed by atoms with E-state index >= 15 is 0 Å². The lowest BCUT2D eigenvalue weighted by Crippen LogP contribution is -2.54. The molecule has 1 aliphatic carbocycles. The first-order chi connectivity index (χ1) is 5.96. The van der Waals surface area contributed by atoms with Gasteiger partial charge in [-0.2, -0.15) is 0 Å². The van der Waals surface area contributed by atoms with Gasteiger partial charge in [0.2, 0.25) is 0 Å². The predicted molar refractivity (Wildman–Crippen MR) is 53.0 cm³/mol. The smallest absolute Gasteiger partial charge is 0.390 e. The van der Waals surface area contributed by atoms with Crippen LogP contribution >= 0.6 is 0 Å². The summed E-state index contributed by atoms with van der Waals surface area (Å²) in [5.74, 6) is 0. The van der Waals surface area contributed by atoms with Crippen LogP contribution in [-0.4, -0.2) is 23.2 Å². The molecule has 0 aromatic rings. The van der Waals surface area contributed by atoms with Crippen LogP contribution < -0.4 is 0 Å². The van der Waals surface area contributed by atoms with Gasteiger partial charge in [-0.15, -0.1) is 0 Å². The van der Waals surface area contributed by atoms with Gasteiger partial charge in [0.15, 0.2) is 0 Å². The summed E-state index contributed by atoms with van der Waals surface area (Å²) in [6.45, 7) is 4.17. The lowest BCUT2D eigenvalue weighted by Gasteiger charge is -2.51. The van der Waals surface area contributed by atoms with Crippen molar-refractivity contribution >= 4 is 8.80 Å². The first-order valence-electron chi connectivity index (χ1n) is 5.13. The van der Waals surface area contributed by atoms with E-state index in [2.05, 4.69) is 13.8 Å².